The average Bonchev–Trinajstić information content (AvgIpc) is 3.22. The lowest BCUT2D eigenvalue weighted by molar-refractivity contribution is -0.119. The zero-order valence-corrected chi connectivity index (χ0v) is 14.3. The maximum absolute atomic E-state index is 12.1. The number of hydrogen-bond acceptors (Lipinski definition) is 6. The predicted molar refractivity (Wildman–Crippen MR) is 93.3 cm³/mol. The molecule has 3 aromatic rings. The molecule has 0 saturated heterocycles. The number of pyridine rings is 1. The van der Waals surface area contributed by atoms with E-state index in [4.69, 9.17) is 4.74 Å². The fourth-order valence-corrected chi connectivity index (χ4v) is 2.18. The maximum Gasteiger partial charge on any atom is 0.387 e. The molecule has 2 heterocycles. The van der Waals surface area contributed by atoms with E-state index in [0.717, 1.165) is 0 Å². The third-order valence-electron chi connectivity index (χ3n) is 3.42. The lowest BCUT2D eigenvalue weighted by atomic mass is 10.3. The van der Waals surface area contributed by atoms with Crippen LogP contribution in [0.4, 0.5) is 14.5 Å². The number of alkyl halides is 2. The Hall–Kier alpha value is -3.82. The van der Waals surface area contributed by atoms with Gasteiger partial charge in [-0.15, -0.1) is 0 Å². The number of anilines is 1. The van der Waals surface area contributed by atoms with Crippen LogP contribution in [0.5, 0.6) is 5.75 Å². The molecule has 0 aliphatic carbocycles. The van der Waals surface area contributed by atoms with E-state index in [1.54, 1.807) is 24.5 Å². The molecule has 28 heavy (non-hydrogen) atoms. The van der Waals surface area contributed by atoms with Gasteiger partial charge in [0.1, 0.15) is 5.75 Å². The minimum absolute atomic E-state index is 0.0366. The van der Waals surface area contributed by atoms with E-state index in [0.29, 0.717) is 11.5 Å². The number of nitrogens with zero attached hydrogens (tertiary/aromatic N) is 3. The monoisotopic (exact) mass is 388 g/mol. The quantitative estimate of drug-likeness (QED) is 0.626. The molecule has 10 heteroatoms. The van der Waals surface area contributed by atoms with Crippen LogP contribution in [-0.2, 0) is 9.53 Å². The lowest BCUT2D eigenvalue weighted by Gasteiger charge is -2.08. The van der Waals surface area contributed by atoms with Crippen molar-refractivity contribution in [3.63, 3.8) is 0 Å². The molecule has 0 radical (unpaired) electrons. The van der Waals surface area contributed by atoms with E-state index < -0.39 is 25.1 Å². The van der Waals surface area contributed by atoms with Crippen LogP contribution >= 0.6 is 0 Å². The number of benzene rings is 1. The first-order valence-electron chi connectivity index (χ1n) is 7.99. The second kappa shape index (κ2) is 8.71. The Morgan fingerprint density at radius 2 is 1.93 bits per heavy atom. The van der Waals surface area contributed by atoms with Crippen molar-refractivity contribution in [1.82, 2.24) is 14.8 Å². The summed E-state index contributed by atoms with van der Waals surface area (Å²) >= 11 is 0. The topological polar surface area (TPSA) is 95.3 Å². The van der Waals surface area contributed by atoms with Crippen molar-refractivity contribution in [2.45, 2.75) is 6.61 Å². The molecule has 0 fully saturated rings. The van der Waals surface area contributed by atoms with E-state index in [2.05, 4.69) is 20.1 Å². The average molecular weight is 388 g/mol. The molecule has 0 atom stereocenters. The van der Waals surface area contributed by atoms with Gasteiger partial charge in [0.05, 0.1) is 5.56 Å². The van der Waals surface area contributed by atoms with Gasteiger partial charge >= 0.3 is 12.6 Å². The summed E-state index contributed by atoms with van der Waals surface area (Å²) in [5.74, 6) is -0.809. The largest absolute Gasteiger partial charge is 0.452 e. The minimum atomic E-state index is -2.93. The molecule has 1 N–H and O–H groups in total. The maximum atomic E-state index is 12.1. The molecule has 1 aromatic carbocycles. The van der Waals surface area contributed by atoms with Gasteiger partial charge in [0.2, 0.25) is 0 Å². The van der Waals surface area contributed by atoms with E-state index in [1.165, 1.54) is 41.2 Å². The second-order valence-corrected chi connectivity index (χ2v) is 5.38. The van der Waals surface area contributed by atoms with Crippen molar-refractivity contribution in [1.29, 1.82) is 0 Å². The highest BCUT2D eigenvalue weighted by atomic mass is 19.3. The Balaban J connectivity index is 1.49. The van der Waals surface area contributed by atoms with Gasteiger partial charge in [-0.2, -0.15) is 13.9 Å². The summed E-state index contributed by atoms with van der Waals surface area (Å²) in [6, 6.07) is 10.2. The summed E-state index contributed by atoms with van der Waals surface area (Å²) in [6.07, 6.45) is 4.62. The number of rotatable bonds is 7. The number of esters is 1. The van der Waals surface area contributed by atoms with Crippen LogP contribution in [0.2, 0.25) is 0 Å². The highest BCUT2D eigenvalue weighted by Crippen LogP contribution is 2.17. The number of carbonyl (C=O) groups excluding carboxylic acids is 2. The van der Waals surface area contributed by atoms with Crippen LogP contribution in [0.1, 0.15) is 10.4 Å². The number of ether oxygens (including phenoxy) is 2. The zero-order valence-electron chi connectivity index (χ0n) is 14.3. The highest BCUT2D eigenvalue weighted by Gasteiger charge is 2.12. The number of halogens is 2. The van der Waals surface area contributed by atoms with Gasteiger partial charge in [0.15, 0.2) is 12.4 Å². The van der Waals surface area contributed by atoms with Crippen molar-refractivity contribution in [2.24, 2.45) is 0 Å². The summed E-state index contributed by atoms with van der Waals surface area (Å²) in [4.78, 5) is 27.9. The highest BCUT2D eigenvalue weighted by molar-refractivity contribution is 5.95. The summed E-state index contributed by atoms with van der Waals surface area (Å²) in [5.41, 5.74) is 0.519. The SMILES string of the molecule is O=C(COC(=O)c1ccc(-n2cccn2)nc1)Nc1ccc(OC(F)F)cc1. The fourth-order valence-electron chi connectivity index (χ4n) is 2.18. The summed E-state index contributed by atoms with van der Waals surface area (Å²) in [6.45, 7) is -3.45. The number of nitrogens with one attached hydrogen (secondary N) is 1. The number of amides is 1. The summed E-state index contributed by atoms with van der Waals surface area (Å²) in [7, 11) is 0. The van der Waals surface area contributed by atoms with Crippen molar-refractivity contribution < 1.29 is 27.8 Å². The first-order chi connectivity index (χ1) is 13.5. The third-order valence-corrected chi connectivity index (χ3v) is 3.42. The van der Waals surface area contributed by atoms with Crippen LogP contribution in [0.3, 0.4) is 0 Å². The van der Waals surface area contributed by atoms with Gasteiger partial charge in [-0.05, 0) is 42.5 Å². The van der Waals surface area contributed by atoms with Crippen LogP contribution in [0.15, 0.2) is 61.1 Å². The van der Waals surface area contributed by atoms with E-state index in [1.807, 2.05) is 0 Å². The zero-order chi connectivity index (χ0) is 19.9. The Bertz CT molecular complexity index is 929. The molecule has 0 bridgehead atoms. The van der Waals surface area contributed by atoms with Gasteiger partial charge in [-0.25, -0.2) is 14.5 Å². The summed E-state index contributed by atoms with van der Waals surface area (Å²) < 4.78 is 34.9. The molecular formula is C18H14F2N4O4. The smallest absolute Gasteiger partial charge is 0.387 e. The van der Waals surface area contributed by atoms with Gasteiger partial charge in [0.25, 0.3) is 5.91 Å². The van der Waals surface area contributed by atoms with Gasteiger partial charge in [0, 0.05) is 24.3 Å². The van der Waals surface area contributed by atoms with Crippen molar-refractivity contribution >= 4 is 17.6 Å². The molecule has 2 aromatic heterocycles. The number of carbonyl (C=O) groups is 2. The van der Waals surface area contributed by atoms with Crippen LogP contribution in [0.25, 0.3) is 5.82 Å². The molecule has 0 aliphatic rings. The van der Waals surface area contributed by atoms with Gasteiger partial charge in [-0.1, -0.05) is 0 Å². The minimum Gasteiger partial charge on any atom is -0.452 e. The van der Waals surface area contributed by atoms with Crippen molar-refractivity contribution in [3.8, 4) is 11.6 Å². The Labute approximate surface area is 157 Å². The molecule has 0 saturated carbocycles. The van der Waals surface area contributed by atoms with Crippen LogP contribution < -0.4 is 10.1 Å². The van der Waals surface area contributed by atoms with Crippen LogP contribution in [-0.4, -0.2) is 39.9 Å². The predicted octanol–water partition coefficient (Wildman–Crippen LogP) is 2.66. The molecular weight excluding hydrogens is 374 g/mol. The van der Waals surface area contributed by atoms with E-state index in [-0.39, 0.29) is 11.3 Å². The number of aromatic nitrogens is 3. The number of hydrogen-bond donors (Lipinski definition) is 1. The lowest BCUT2D eigenvalue weighted by Crippen LogP contribution is -2.21. The first kappa shape index (κ1) is 19.0. The summed E-state index contributed by atoms with van der Waals surface area (Å²) in [5, 5.41) is 6.49. The standard InChI is InChI=1S/C18H14F2N4O4/c19-18(20)28-14-5-3-13(4-6-14)23-16(25)11-27-17(26)12-2-7-15(21-10-12)24-9-1-8-22-24/h1-10,18H,11H2,(H,23,25). The molecule has 0 spiro atoms. The molecule has 144 valence electrons. The van der Waals surface area contributed by atoms with Crippen molar-refractivity contribution in [2.75, 3.05) is 11.9 Å². The first-order valence-corrected chi connectivity index (χ1v) is 7.99. The molecule has 3 rings (SSSR count). The molecule has 0 aliphatic heterocycles. The van der Waals surface area contributed by atoms with Gasteiger partial charge in [-0.3, -0.25) is 4.79 Å². The Kier molecular flexibility index (Phi) is 5.90. The van der Waals surface area contributed by atoms with Gasteiger partial charge < -0.3 is 14.8 Å². The second-order valence-electron chi connectivity index (χ2n) is 5.38. The van der Waals surface area contributed by atoms with Crippen molar-refractivity contribution in [3.05, 3.63) is 66.6 Å². The normalized spacial score (nSPS) is 10.5. The molecule has 1 amide bonds. The Morgan fingerprint density at radius 1 is 1.14 bits per heavy atom. The van der Waals surface area contributed by atoms with E-state index in [9.17, 15) is 18.4 Å². The van der Waals surface area contributed by atoms with Crippen LogP contribution in [0, 0.1) is 0 Å². The fraction of sp³-hybridized carbons (Fsp3) is 0.111. The molecule has 0 unspecified atom stereocenters. The Morgan fingerprint density at radius 3 is 2.54 bits per heavy atom. The van der Waals surface area contributed by atoms with E-state index >= 15 is 0 Å². The molecule has 8 nitrogen and oxygen atoms in total. The third kappa shape index (κ3) is 5.10.